The number of aryl methyl sites for hydroxylation is 1. The van der Waals surface area contributed by atoms with Crippen LogP contribution in [0.3, 0.4) is 0 Å². The number of nitrogens with one attached hydrogen (secondary N) is 2. The first-order chi connectivity index (χ1) is 12.2. The predicted octanol–water partition coefficient (Wildman–Crippen LogP) is 1.55. The van der Waals surface area contributed by atoms with Crippen LogP contribution in [0.15, 0.2) is 55.4 Å². The van der Waals surface area contributed by atoms with Gasteiger partial charge in [0, 0.05) is 44.6 Å². The molecule has 0 unspecified atom stereocenters. The Morgan fingerprint density at radius 2 is 2.20 bits per heavy atom. The molecule has 128 valence electrons. The average molecular weight is 336 g/mol. The van der Waals surface area contributed by atoms with Crippen molar-refractivity contribution in [2.75, 3.05) is 18.4 Å². The predicted molar refractivity (Wildman–Crippen MR) is 94.5 cm³/mol. The van der Waals surface area contributed by atoms with Crippen molar-refractivity contribution in [1.29, 1.82) is 0 Å². The first-order valence-electron chi connectivity index (χ1n) is 8.30. The average Bonchev–Trinajstić information content (AvgIpc) is 3.36. The molecule has 0 spiro atoms. The third-order valence-electron chi connectivity index (χ3n) is 4.65. The van der Waals surface area contributed by atoms with Crippen LogP contribution in [0.5, 0.6) is 0 Å². The highest BCUT2D eigenvalue weighted by Crippen LogP contribution is 2.29. The second kappa shape index (κ2) is 6.52. The van der Waals surface area contributed by atoms with Crippen molar-refractivity contribution in [3.05, 3.63) is 60.9 Å². The number of aromatic nitrogens is 4. The van der Waals surface area contributed by atoms with Crippen molar-refractivity contribution in [3.63, 3.8) is 0 Å². The maximum Gasteiger partial charge on any atom is 0.229 e. The molecule has 4 rings (SSSR count). The number of amides is 1. The lowest BCUT2D eigenvalue weighted by Crippen LogP contribution is -2.28. The molecule has 1 saturated heterocycles. The van der Waals surface area contributed by atoms with E-state index in [9.17, 15) is 4.79 Å². The van der Waals surface area contributed by atoms with Gasteiger partial charge in [-0.2, -0.15) is 5.10 Å². The van der Waals surface area contributed by atoms with E-state index in [4.69, 9.17) is 0 Å². The number of hydrogen-bond donors (Lipinski definition) is 2. The molecule has 1 fully saturated rings. The minimum Gasteiger partial charge on any atom is -0.324 e. The molecule has 3 heterocycles. The summed E-state index contributed by atoms with van der Waals surface area (Å²) in [7, 11) is 1.89. The van der Waals surface area contributed by atoms with E-state index in [0.29, 0.717) is 6.54 Å². The lowest BCUT2D eigenvalue weighted by molar-refractivity contribution is -0.119. The molecule has 2 aromatic heterocycles. The maximum atomic E-state index is 12.9. The molecular weight excluding hydrogens is 316 g/mol. The van der Waals surface area contributed by atoms with Crippen molar-refractivity contribution in [3.8, 4) is 5.69 Å². The van der Waals surface area contributed by atoms with E-state index in [2.05, 4.69) is 20.7 Å². The number of imidazole rings is 1. The third-order valence-corrected chi connectivity index (χ3v) is 4.65. The van der Waals surface area contributed by atoms with E-state index < -0.39 is 0 Å². The van der Waals surface area contributed by atoms with Crippen LogP contribution in [0.25, 0.3) is 5.69 Å². The molecule has 7 heteroatoms. The highest BCUT2D eigenvalue weighted by molar-refractivity contribution is 5.95. The standard InChI is InChI=1S/C18H20N6O/c1-23-11-13(8-21-23)14-9-20-10-15(14)18(25)22-16-4-2-3-5-17(16)24-7-6-19-12-24/h2-8,11-12,14-15,20H,9-10H2,1H3,(H,22,25)/t14-,15+/m1/s1. The summed E-state index contributed by atoms with van der Waals surface area (Å²) in [6.45, 7) is 1.45. The largest absolute Gasteiger partial charge is 0.324 e. The van der Waals surface area contributed by atoms with Gasteiger partial charge >= 0.3 is 0 Å². The van der Waals surface area contributed by atoms with E-state index in [1.165, 1.54) is 0 Å². The number of carbonyl (C=O) groups excluding carboxylic acids is 1. The first-order valence-corrected chi connectivity index (χ1v) is 8.30. The zero-order chi connectivity index (χ0) is 17.2. The van der Waals surface area contributed by atoms with Gasteiger partial charge in [-0.3, -0.25) is 9.48 Å². The van der Waals surface area contributed by atoms with Crippen LogP contribution in [0, 0.1) is 5.92 Å². The van der Waals surface area contributed by atoms with Crippen LogP contribution in [-0.4, -0.2) is 38.3 Å². The summed E-state index contributed by atoms with van der Waals surface area (Å²) >= 11 is 0. The Morgan fingerprint density at radius 1 is 1.32 bits per heavy atom. The highest BCUT2D eigenvalue weighted by Gasteiger charge is 2.34. The summed E-state index contributed by atoms with van der Waals surface area (Å²) < 4.78 is 3.66. The molecule has 3 aromatic rings. The molecule has 0 aliphatic carbocycles. The molecule has 1 amide bonds. The maximum absolute atomic E-state index is 12.9. The lowest BCUT2D eigenvalue weighted by Gasteiger charge is -2.18. The topological polar surface area (TPSA) is 76.8 Å². The smallest absolute Gasteiger partial charge is 0.229 e. The monoisotopic (exact) mass is 336 g/mol. The fourth-order valence-electron chi connectivity index (χ4n) is 3.37. The quantitative estimate of drug-likeness (QED) is 0.758. The van der Waals surface area contributed by atoms with Crippen LogP contribution in [-0.2, 0) is 11.8 Å². The van der Waals surface area contributed by atoms with E-state index >= 15 is 0 Å². The van der Waals surface area contributed by atoms with E-state index in [1.807, 2.05) is 54.5 Å². The van der Waals surface area contributed by atoms with Gasteiger partial charge in [0.05, 0.1) is 29.8 Å². The minimum absolute atomic E-state index is 0.0198. The van der Waals surface area contributed by atoms with Gasteiger partial charge in [0.2, 0.25) is 5.91 Å². The molecule has 7 nitrogen and oxygen atoms in total. The number of nitrogens with zero attached hydrogens (tertiary/aromatic N) is 4. The molecular formula is C18H20N6O. The van der Waals surface area contributed by atoms with Crippen molar-refractivity contribution >= 4 is 11.6 Å². The molecule has 0 bridgehead atoms. The Morgan fingerprint density at radius 3 is 2.96 bits per heavy atom. The summed E-state index contributed by atoms with van der Waals surface area (Å²) in [5, 5.41) is 10.7. The molecule has 1 aromatic carbocycles. The Balaban J connectivity index is 1.56. The number of rotatable bonds is 4. The Labute approximate surface area is 145 Å². The van der Waals surface area contributed by atoms with E-state index in [0.717, 1.165) is 23.5 Å². The van der Waals surface area contributed by atoms with Gasteiger partial charge in [-0.15, -0.1) is 0 Å². The van der Waals surface area contributed by atoms with Crippen molar-refractivity contribution < 1.29 is 4.79 Å². The van der Waals surface area contributed by atoms with Gasteiger partial charge < -0.3 is 15.2 Å². The zero-order valence-electron chi connectivity index (χ0n) is 14.0. The van der Waals surface area contributed by atoms with Crippen LogP contribution >= 0.6 is 0 Å². The van der Waals surface area contributed by atoms with Gasteiger partial charge in [-0.05, 0) is 17.7 Å². The zero-order valence-corrected chi connectivity index (χ0v) is 14.0. The van der Waals surface area contributed by atoms with E-state index in [1.54, 1.807) is 17.2 Å². The Hall–Kier alpha value is -2.93. The molecule has 25 heavy (non-hydrogen) atoms. The van der Waals surface area contributed by atoms with Crippen molar-refractivity contribution in [1.82, 2.24) is 24.6 Å². The fourth-order valence-corrected chi connectivity index (χ4v) is 3.37. The molecule has 1 aliphatic rings. The number of anilines is 1. The Bertz CT molecular complexity index is 869. The molecule has 2 N–H and O–H groups in total. The van der Waals surface area contributed by atoms with Gasteiger partial charge in [0.25, 0.3) is 0 Å². The second-order valence-corrected chi connectivity index (χ2v) is 6.29. The number of carbonyl (C=O) groups is 1. The van der Waals surface area contributed by atoms with Gasteiger partial charge in [0.15, 0.2) is 0 Å². The van der Waals surface area contributed by atoms with Crippen LogP contribution in [0.4, 0.5) is 5.69 Å². The summed E-state index contributed by atoms with van der Waals surface area (Å²) in [6.07, 6.45) is 9.13. The summed E-state index contributed by atoms with van der Waals surface area (Å²) in [5.41, 5.74) is 2.77. The summed E-state index contributed by atoms with van der Waals surface area (Å²) in [6, 6.07) is 7.74. The first kappa shape index (κ1) is 15.6. The third kappa shape index (κ3) is 3.06. The number of hydrogen-bond acceptors (Lipinski definition) is 4. The number of benzene rings is 1. The number of para-hydroxylation sites is 2. The summed E-state index contributed by atoms with van der Waals surface area (Å²) in [4.78, 5) is 17.0. The Kier molecular flexibility index (Phi) is 4.07. The van der Waals surface area contributed by atoms with Gasteiger partial charge in [-0.25, -0.2) is 4.98 Å². The minimum atomic E-state index is -0.125. The van der Waals surface area contributed by atoms with Crippen LogP contribution in [0.2, 0.25) is 0 Å². The van der Waals surface area contributed by atoms with Gasteiger partial charge in [0.1, 0.15) is 0 Å². The molecule has 0 radical (unpaired) electrons. The second-order valence-electron chi connectivity index (χ2n) is 6.29. The SMILES string of the molecule is Cn1cc([C@H]2CNC[C@@H]2C(=O)Nc2ccccc2-n2ccnc2)cn1. The van der Waals surface area contributed by atoms with Crippen LogP contribution < -0.4 is 10.6 Å². The van der Waals surface area contributed by atoms with Crippen LogP contribution in [0.1, 0.15) is 11.5 Å². The van der Waals surface area contributed by atoms with Crippen molar-refractivity contribution in [2.24, 2.45) is 13.0 Å². The fraction of sp³-hybridized carbons (Fsp3) is 0.278. The molecule has 0 saturated carbocycles. The van der Waals surface area contributed by atoms with Crippen molar-refractivity contribution in [2.45, 2.75) is 5.92 Å². The lowest BCUT2D eigenvalue weighted by atomic mass is 9.90. The summed E-state index contributed by atoms with van der Waals surface area (Å²) in [5.74, 6) is 0.0283. The molecule has 1 aliphatic heterocycles. The van der Waals surface area contributed by atoms with Gasteiger partial charge in [-0.1, -0.05) is 12.1 Å². The van der Waals surface area contributed by atoms with E-state index in [-0.39, 0.29) is 17.7 Å². The highest BCUT2D eigenvalue weighted by atomic mass is 16.2. The molecule has 2 atom stereocenters. The normalized spacial score (nSPS) is 19.9.